The Kier molecular flexibility index (Phi) is 8.82. The Morgan fingerprint density at radius 1 is 1.19 bits per heavy atom. The number of aliphatic imine (C=N–C) groups is 1. The normalized spacial score (nSPS) is 12.1. The molecule has 7 nitrogen and oxygen atoms in total. The van der Waals surface area contributed by atoms with E-state index in [0.29, 0.717) is 5.92 Å². The SMILES string of the molecule is CCNC(=NCCCc1nnc(SC)n1CC(C)C)NCCc1c[nH]c2ccccc12. The number of hydrogen-bond acceptors (Lipinski definition) is 4. The van der Waals surface area contributed by atoms with Crippen LogP contribution in [0.25, 0.3) is 10.9 Å². The standard InChI is InChI=1S/C23H35N7S/c1-5-24-22(26-14-12-18-15-27-20-10-7-6-9-19(18)20)25-13-8-11-21-28-29-23(31-4)30(21)16-17(2)3/h6-7,9-10,15,17,27H,5,8,11-14,16H2,1-4H3,(H2,24,25,26). The monoisotopic (exact) mass is 441 g/mol. The maximum Gasteiger partial charge on any atom is 0.191 e. The molecule has 3 rings (SSSR count). The van der Waals surface area contributed by atoms with Crippen LogP contribution >= 0.6 is 11.8 Å². The first-order valence-corrected chi connectivity index (χ1v) is 12.4. The number of guanidine groups is 1. The average molecular weight is 442 g/mol. The molecular formula is C23H35N7S. The predicted octanol–water partition coefficient (Wildman–Crippen LogP) is 3.87. The zero-order chi connectivity index (χ0) is 22.1. The summed E-state index contributed by atoms with van der Waals surface area (Å²) in [5.74, 6) is 2.50. The minimum absolute atomic E-state index is 0.570. The van der Waals surface area contributed by atoms with Crippen molar-refractivity contribution >= 4 is 28.6 Å². The van der Waals surface area contributed by atoms with Crippen molar-refractivity contribution in [1.29, 1.82) is 0 Å². The van der Waals surface area contributed by atoms with Gasteiger partial charge in [-0.3, -0.25) is 4.99 Å². The Morgan fingerprint density at radius 2 is 2.03 bits per heavy atom. The van der Waals surface area contributed by atoms with E-state index >= 15 is 0 Å². The molecule has 0 spiro atoms. The van der Waals surface area contributed by atoms with Gasteiger partial charge in [0.15, 0.2) is 11.1 Å². The van der Waals surface area contributed by atoms with Gasteiger partial charge in [0.1, 0.15) is 5.82 Å². The summed E-state index contributed by atoms with van der Waals surface area (Å²) in [6.07, 6.45) is 6.94. The lowest BCUT2D eigenvalue weighted by Gasteiger charge is -2.12. The molecule has 0 aliphatic carbocycles. The van der Waals surface area contributed by atoms with Gasteiger partial charge in [0.05, 0.1) is 0 Å². The van der Waals surface area contributed by atoms with Gasteiger partial charge in [-0.1, -0.05) is 43.8 Å². The van der Waals surface area contributed by atoms with Crippen molar-refractivity contribution in [2.45, 2.75) is 51.7 Å². The molecule has 0 atom stereocenters. The highest BCUT2D eigenvalue weighted by atomic mass is 32.2. The third kappa shape index (κ3) is 6.50. The number of benzene rings is 1. The molecule has 0 amide bonds. The van der Waals surface area contributed by atoms with E-state index in [0.717, 1.165) is 62.4 Å². The van der Waals surface area contributed by atoms with Crippen molar-refractivity contribution in [2.75, 3.05) is 25.9 Å². The molecule has 0 fully saturated rings. The van der Waals surface area contributed by atoms with Gasteiger partial charge in [-0.15, -0.1) is 10.2 Å². The highest BCUT2D eigenvalue weighted by Gasteiger charge is 2.12. The Morgan fingerprint density at radius 3 is 2.81 bits per heavy atom. The van der Waals surface area contributed by atoms with Crippen LogP contribution in [-0.4, -0.2) is 51.6 Å². The molecule has 168 valence electrons. The Labute approximate surface area is 189 Å². The Balaban J connectivity index is 1.50. The van der Waals surface area contributed by atoms with Crippen LogP contribution in [0.1, 0.15) is 38.6 Å². The second kappa shape index (κ2) is 11.8. The first kappa shape index (κ1) is 23.2. The van der Waals surface area contributed by atoms with E-state index in [4.69, 9.17) is 4.99 Å². The number of hydrogen-bond donors (Lipinski definition) is 3. The van der Waals surface area contributed by atoms with Crippen LogP contribution in [-0.2, 0) is 19.4 Å². The molecule has 3 N–H and O–H groups in total. The van der Waals surface area contributed by atoms with Crippen LogP contribution in [0.4, 0.5) is 0 Å². The van der Waals surface area contributed by atoms with Crippen molar-refractivity contribution in [1.82, 2.24) is 30.4 Å². The van der Waals surface area contributed by atoms with Gasteiger partial charge >= 0.3 is 0 Å². The summed E-state index contributed by atoms with van der Waals surface area (Å²) < 4.78 is 2.25. The molecule has 8 heteroatoms. The van der Waals surface area contributed by atoms with Crippen LogP contribution in [0.5, 0.6) is 0 Å². The smallest absolute Gasteiger partial charge is 0.191 e. The average Bonchev–Trinajstić information content (AvgIpc) is 3.34. The van der Waals surface area contributed by atoms with Gasteiger partial charge in [-0.05, 0) is 43.6 Å². The number of aromatic nitrogens is 4. The highest BCUT2D eigenvalue weighted by molar-refractivity contribution is 7.98. The number of nitrogens with zero attached hydrogens (tertiary/aromatic N) is 4. The van der Waals surface area contributed by atoms with Crippen molar-refractivity contribution in [2.24, 2.45) is 10.9 Å². The molecule has 2 heterocycles. The molecule has 0 unspecified atom stereocenters. The van der Waals surface area contributed by atoms with E-state index in [2.05, 4.69) is 87.9 Å². The predicted molar refractivity (Wildman–Crippen MR) is 131 cm³/mol. The van der Waals surface area contributed by atoms with Gasteiger partial charge in [-0.2, -0.15) is 0 Å². The third-order valence-electron chi connectivity index (χ3n) is 5.06. The van der Waals surface area contributed by atoms with Gasteiger partial charge in [0.25, 0.3) is 0 Å². The molecule has 3 aromatic rings. The number of nitrogens with one attached hydrogen (secondary N) is 3. The van der Waals surface area contributed by atoms with Crippen LogP contribution in [0.2, 0.25) is 0 Å². The molecule has 1 aromatic carbocycles. The summed E-state index contributed by atoms with van der Waals surface area (Å²) in [6, 6.07) is 8.43. The van der Waals surface area contributed by atoms with Crippen LogP contribution in [0, 0.1) is 5.92 Å². The van der Waals surface area contributed by atoms with Gasteiger partial charge in [0, 0.05) is 49.7 Å². The molecule has 0 aliphatic heterocycles. The van der Waals surface area contributed by atoms with E-state index < -0.39 is 0 Å². The number of H-pyrrole nitrogens is 1. The maximum absolute atomic E-state index is 4.75. The Bertz CT molecular complexity index is 973. The number of aromatic amines is 1. The molecule has 31 heavy (non-hydrogen) atoms. The number of aryl methyl sites for hydroxylation is 1. The summed E-state index contributed by atoms with van der Waals surface area (Å²) in [6.45, 7) is 9.94. The van der Waals surface area contributed by atoms with Gasteiger partial charge < -0.3 is 20.2 Å². The summed E-state index contributed by atoms with van der Waals surface area (Å²) in [5, 5.41) is 17.8. The summed E-state index contributed by atoms with van der Waals surface area (Å²) >= 11 is 1.66. The second-order valence-corrected chi connectivity index (χ2v) is 8.78. The van der Waals surface area contributed by atoms with Crippen molar-refractivity contribution in [3.63, 3.8) is 0 Å². The fourth-order valence-corrected chi connectivity index (χ4v) is 4.15. The fourth-order valence-electron chi connectivity index (χ4n) is 3.63. The number of thioether (sulfide) groups is 1. The van der Waals surface area contributed by atoms with E-state index in [1.54, 1.807) is 11.8 Å². The van der Waals surface area contributed by atoms with Crippen molar-refractivity contribution < 1.29 is 0 Å². The lowest BCUT2D eigenvalue weighted by molar-refractivity contribution is 0.477. The van der Waals surface area contributed by atoms with E-state index in [1.165, 1.54) is 16.5 Å². The topological polar surface area (TPSA) is 82.9 Å². The van der Waals surface area contributed by atoms with Gasteiger partial charge in [0.2, 0.25) is 0 Å². The summed E-state index contributed by atoms with van der Waals surface area (Å²) in [4.78, 5) is 8.09. The first-order chi connectivity index (χ1) is 15.1. The largest absolute Gasteiger partial charge is 0.361 e. The van der Waals surface area contributed by atoms with Crippen LogP contribution in [0.3, 0.4) is 0 Å². The van der Waals surface area contributed by atoms with E-state index in [9.17, 15) is 0 Å². The number of rotatable bonds is 11. The van der Waals surface area contributed by atoms with E-state index in [-0.39, 0.29) is 0 Å². The second-order valence-electron chi connectivity index (χ2n) is 8.01. The maximum atomic E-state index is 4.75. The molecule has 0 saturated carbocycles. The number of para-hydroxylation sites is 1. The zero-order valence-corrected chi connectivity index (χ0v) is 19.9. The minimum Gasteiger partial charge on any atom is -0.361 e. The summed E-state index contributed by atoms with van der Waals surface area (Å²) in [7, 11) is 0. The molecule has 0 saturated heterocycles. The minimum atomic E-state index is 0.570. The molecular weight excluding hydrogens is 406 g/mol. The van der Waals surface area contributed by atoms with Gasteiger partial charge in [-0.25, -0.2) is 0 Å². The Hall–Kier alpha value is -2.48. The highest BCUT2D eigenvalue weighted by Crippen LogP contribution is 2.18. The molecule has 0 radical (unpaired) electrons. The quantitative estimate of drug-likeness (QED) is 0.182. The summed E-state index contributed by atoms with van der Waals surface area (Å²) in [5.41, 5.74) is 2.51. The molecule has 0 aliphatic rings. The fraction of sp³-hybridized carbons (Fsp3) is 0.522. The first-order valence-electron chi connectivity index (χ1n) is 11.2. The molecule has 0 bridgehead atoms. The van der Waals surface area contributed by atoms with Crippen LogP contribution in [0.15, 0.2) is 40.6 Å². The van der Waals surface area contributed by atoms with E-state index in [1.807, 2.05) is 0 Å². The number of fused-ring (bicyclic) bond motifs is 1. The lowest BCUT2D eigenvalue weighted by Crippen LogP contribution is -2.38. The van der Waals surface area contributed by atoms with Crippen molar-refractivity contribution in [3.8, 4) is 0 Å². The van der Waals surface area contributed by atoms with Crippen LogP contribution < -0.4 is 10.6 Å². The lowest BCUT2D eigenvalue weighted by atomic mass is 10.1. The third-order valence-corrected chi connectivity index (χ3v) is 5.73. The molecule has 2 aromatic heterocycles. The van der Waals surface area contributed by atoms with Crippen molar-refractivity contribution in [3.05, 3.63) is 41.9 Å². The zero-order valence-electron chi connectivity index (χ0n) is 19.1.